The zero-order valence-electron chi connectivity index (χ0n) is 16.8. The van der Waals surface area contributed by atoms with E-state index in [0.29, 0.717) is 6.54 Å². The van der Waals surface area contributed by atoms with Crippen molar-refractivity contribution in [1.82, 2.24) is 15.5 Å². The summed E-state index contributed by atoms with van der Waals surface area (Å²) in [6, 6.07) is 7.61. The average Bonchev–Trinajstić information content (AvgIpc) is 2.65. The Labute approximate surface area is 180 Å². The summed E-state index contributed by atoms with van der Waals surface area (Å²) in [5.74, 6) is -0.456. The normalized spacial score (nSPS) is 15.1. The van der Waals surface area contributed by atoms with Gasteiger partial charge in [-0.25, -0.2) is 0 Å². The highest BCUT2D eigenvalue weighted by Gasteiger charge is 2.17. The number of amides is 2. The maximum atomic E-state index is 12.0. The van der Waals surface area contributed by atoms with Crippen LogP contribution in [0.15, 0.2) is 24.3 Å². The van der Waals surface area contributed by atoms with Crippen molar-refractivity contribution >= 4 is 36.6 Å². The number of benzene rings is 1. The number of carbonyl (C=O) groups excluding carboxylic acids is 2. The molecule has 1 aromatic rings. The topological polar surface area (TPSA) is 87.5 Å². The molecule has 1 aliphatic heterocycles. The van der Waals surface area contributed by atoms with Gasteiger partial charge in [-0.3, -0.25) is 14.5 Å². The number of nitrogens with one attached hydrogen (secondary N) is 2. The van der Waals surface area contributed by atoms with E-state index >= 15 is 0 Å². The molecular formula is C20H34Cl2N4O2. The first kappa shape index (κ1) is 26.7. The summed E-state index contributed by atoms with van der Waals surface area (Å²) in [7, 11) is 0. The van der Waals surface area contributed by atoms with Crippen molar-refractivity contribution in [3.63, 3.8) is 0 Å². The van der Waals surface area contributed by atoms with Crippen LogP contribution < -0.4 is 16.4 Å². The van der Waals surface area contributed by atoms with Gasteiger partial charge in [0.15, 0.2) is 0 Å². The van der Waals surface area contributed by atoms with Crippen molar-refractivity contribution in [1.29, 1.82) is 0 Å². The van der Waals surface area contributed by atoms with Crippen LogP contribution in [0.5, 0.6) is 0 Å². The second-order valence-electron chi connectivity index (χ2n) is 7.37. The second-order valence-corrected chi connectivity index (χ2v) is 7.37. The molecule has 2 amide bonds. The first-order valence-corrected chi connectivity index (χ1v) is 9.56. The molecule has 0 aliphatic carbocycles. The van der Waals surface area contributed by atoms with Crippen LogP contribution in [0, 0.1) is 5.92 Å². The van der Waals surface area contributed by atoms with Gasteiger partial charge in [0.2, 0.25) is 11.8 Å². The van der Waals surface area contributed by atoms with Crippen molar-refractivity contribution in [2.75, 3.05) is 19.6 Å². The smallest absolute Gasteiger partial charge is 0.239 e. The summed E-state index contributed by atoms with van der Waals surface area (Å²) < 4.78 is 0. The number of hydrogen-bond donors (Lipinski definition) is 3. The number of nitrogens with zero attached hydrogens (tertiary/aromatic N) is 1. The minimum atomic E-state index is -0.590. The van der Waals surface area contributed by atoms with Crippen LogP contribution in [0.25, 0.3) is 0 Å². The average molecular weight is 433 g/mol. The van der Waals surface area contributed by atoms with Crippen molar-refractivity contribution < 1.29 is 9.59 Å². The summed E-state index contributed by atoms with van der Waals surface area (Å²) in [6.07, 6.45) is 3.84. The Hall–Kier alpha value is -1.34. The quantitative estimate of drug-likeness (QED) is 0.587. The van der Waals surface area contributed by atoms with Gasteiger partial charge in [-0.2, -0.15) is 0 Å². The first-order chi connectivity index (χ1) is 12.5. The predicted octanol–water partition coefficient (Wildman–Crippen LogP) is 2.23. The molecule has 2 rings (SSSR count). The SMILES string of the molecule is CC(C)[C@H](N)C(=O)NCC(=O)NCc1ccccc1CN1CCCCC1.Cl.Cl. The number of hydrogen-bond acceptors (Lipinski definition) is 4. The third-order valence-electron chi connectivity index (χ3n) is 4.88. The van der Waals surface area contributed by atoms with Gasteiger partial charge in [-0.15, -0.1) is 24.8 Å². The Morgan fingerprint density at radius 1 is 1.04 bits per heavy atom. The number of carbonyl (C=O) groups is 2. The maximum Gasteiger partial charge on any atom is 0.239 e. The fourth-order valence-corrected chi connectivity index (χ4v) is 3.09. The van der Waals surface area contributed by atoms with Crippen LogP contribution in [-0.2, 0) is 22.7 Å². The Morgan fingerprint density at radius 2 is 1.64 bits per heavy atom. The lowest BCUT2D eigenvalue weighted by atomic mass is 10.0. The van der Waals surface area contributed by atoms with Crippen molar-refractivity contribution in [2.45, 2.75) is 52.2 Å². The Bertz CT molecular complexity index is 608. The van der Waals surface area contributed by atoms with Gasteiger partial charge in [0.05, 0.1) is 12.6 Å². The summed E-state index contributed by atoms with van der Waals surface area (Å²) in [4.78, 5) is 26.3. The highest BCUT2D eigenvalue weighted by Crippen LogP contribution is 2.16. The van der Waals surface area contributed by atoms with Gasteiger partial charge in [-0.1, -0.05) is 44.5 Å². The Balaban J connectivity index is 0.00000364. The summed E-state index contributed by atoms with van der Waals surface area (Å²) in [5, 5.41) is 5.48. The molecule has 1 heterocycles. The minimum absolute atomic E-state index is 0. The van der Waals surface area contributed by atoms with Gasteiger partial charge >= 0.3 is 0 Å². The third kappa shape index (κ3) is 8.78. The molecule has 1 fully saturated rings. The van der Waals surface area contributed by atoms with Gasteiger partial charge < -0.3 is 16.4 Å². The molecule has 0 radical (unpaired) electrons. The van der Waals surface area contributed by atoms with Crippen LogP contribution in [0.3, 0.4) is 0 Å². The minimum Gasteiger partial charge on any atom is -0.350 e. The third-order valence-corrected chi connectivity index (χ3v) is 4.88. The van der Waals surface area contributed by atoms with Crippen LogP contribution in [0.4, 0.5) is 0 Å². The molecule has 4 N–H and O–H groups in total. The molecule has 8 heteroatoms. The molecule has 1 aromatic carbocycles. The molecule has 1 saturated heterocycles. The molecule has 1 atom stereocenters. The molecule has 0 spiro atoms. The lowest BCUT2D eigenvalue weighted by molar-refractivity contribution is -0.127. The molecule has 0 aromatic heterocycles. The van der Waals surface area contributed by atoms with Crippen LogP contribution in [0.2, 0.25) is 0 Å². The van der Waals surface area contributed by atoms with E-state index in [0.717, 1.165) is 25.2 Å². The van der Waals surface area contributed by atoms with Crippen LogP contribution >= 0.6 is 24.8 Å². The lowest BCUT2D eigenvalue weighted by Gasteiger charge is -2.27. The summed E-state index contributed by atoms with van der Waals surface area (Å²) >= 11 is 0. The van der Waals surface area contributed by atoms with Gasteiger partial charge in [0.25, 0.3) is 0 Å². The Morgan fingerprint density at radius 3 is 2.25 bits per heavy atom. The predicted molar refractivity (Wildman–Crippen MR) is 118 cm³/mol. The lowest BCUT2D eigenvalue weighted by Crippen LogP contribution is -2.47. The summed E-state index contributed by atoms with van der Waals surface area (Å²) in [6.45, 7) is 7.38. The molecule has 6 nitrogen and oxygen atoms in total. The van der Waals surface area contributed by atoms with E-state index in [4.69, 9.17) is 5.73 Å². The fraction of sp³-hybridized carbons (Fsp3) is 0.600. The fourth-order valence-electron chi connectivity index (χ4n) is 3.09. The van der Waals surface area contributed by atoms with E-state index in [1.165, 1.54) is 24.8 Å². The van der Waals surface area contributed by atoms with Gasteiger partial charge in [0.1, 0.15) is 0 Å². The molecule has 28 heavy (non-hydrogen) atoms. The maximum absolute atomic E-state index is 12.0. The van der Waals surface area contributed by atoms with E-state index in [2.05, 4.69) is 21.6 Å². The molecule has 0 unspecified atom stereocenters. The molecule has 0 saturated carbocycles. The number of likely N-dealkylation sites (tertiary alicyclic amines) is 1. The first-order valence-electron chi connectivity index (χ1n) is 9.56. The highest BCUT2D eigenvalue weighted by molar-refractivity contribution is 5.87. The molecule has 1 aliphatic rings. The van der Waals surface area contributed by atoms with E-state index in [1.807, 2.05) is 32.0 Å². The van der Waals surface area contributed by atoms with Crippen molar-refractivity contribution in [3.8, 4) is 0 Å². The number of rotatable bonds is 8. The van der Waals surface area contributed by atoms with Crippen LogP contribution in [-0.4, -0.2) is 42.4 Å². The number of piperidine rings is 1. The number of nitrogens with two attached hydrogens (primary N) is 1. The largest absolute Gasteiger partial charge is 0.350 e. The number of halogens is 2. The van der Waals surface area contributed by atoms with Crippen molar-refractivity contribution in [2.24, 2.45) is 11.7 Å². The van der Waals surface area contributed by atoms with Crippen molar-refractivity contribution in [3.05, 3.63) is 35.4 Å². The standard InChI is InChI=1S/C20H32N4O2.2ClH/c1-15(2)19(21)20(26)23-13-18(25)22-12-16-8-4-5-9-17(16)14-24-10-6-3-7-11-24;;/h4-5,8-9,15,19H,3,6-7,10-14,21H2,1-2H3,(H,22,25)(H,23,26);2*1H/t19-;;/m0../s1. The van der Waals surface area contributed by atoms with Crippen LogP contribution in [0.1, 0.15) is 44.2 Å². The van der Waals surface area contributed by atoms with E-state index in [9.17, 15) is 9.59 Å². The monoisotopic (exact) mass is 432 g/mol. The second kappa shape index (κ2) is 13.8. The molecule has 160 valence electrons. The zero-order valence-corrected chi connectivity index (χ0v) is 18.4. The zero-order chi connectivity index (χ0) is 18.9. The molecule has 0 bridgehead atoms. The highest BCUT2D eigenvalue weighted by atomic mass is 35.5. The van der Waals surface area contributed by atoms with E-state index < -0.39 is 6.04 Å². The molecular weight excluding hydrogens is 399 g/mol. The van der Waals surface area contributed by atoms with E-state index in [1.54, 1.807) is 0 Å². The summed E-state index contributed by atoms with van der Waals surface area (Å²) in [5.41, 5.74) is 8.14. The van der Waals surface area contributed by atoms with E-state index in [-0.39, 0.29) is 49.1 Å². The van der Waals surface area contributed by atoms with Gasteiger partial charge in [-0.05, 0) is 43.0 Å². The van der Waals surface area contributed by atoms with Gasteiger partial charge in [0, 0.05) is 13.1 Å². The Kier molecular flexibility index (Phi) is 13.1.